The molecule has 0 aliphatic carbocycles. The molecule has 3 heterocycles. The fourth-order valence-corrected chi connectivity index (χ4v) is 3.12. The zero-order chi connectivity index (χ0) is 20.4. The summed E-state index contributed by atoms with van der Waals surface area (Å²) in [6.45, 7) is 1.20. The van der Waals surface area contributed by atoms with Crippen LogP contribution >= 0.6 is 0 Å². The number of carbonyl (C=O) groups is 1. The number of alkyl halides is 3. The lowest BCUT2D eigenvalue weighted by Crippen LogP contribution is -2.38. The zero-order valence-corrected chi connectivity index (χ0v) is 15.2. The largest absolute Gasteiger partial charge is 0.416 e. The first kappa shape index (κ1) is 19.2. The summed E-state index contributed by atoms with van der Waals surface area (Å²) in [5.41, 5.74) is 0.0876. The van der Waals surface area contributed by atoms with Crippen LogP contribution in [0.15, 0.2) is 42.7 Å². The number of hydrogen-bond acceptors (Lipinski definition) is 5. The highest BCUT2D eigenvalue weighted by Crippen LogP contribution is 2.31. The lowest BCUT2D eigenvalue weighted by molar-refractivity contribution is -0.137. The molecule has 0 radical (unpaired) electrons. The molecule has 2 aromatic heterocycles. The number of nitrogens with one attached hydrogen (secondary N) is 2. The molecule has 1 aliphatic heterocycles. The first-order chi connectivity index (χ1) is 13.9. The van der Waals surface area contributed by atoms with E-state index in [1.807, 2.05) is 0 Å². The summed E-state index contributed by atoms with van der Waals surface area (Å²) in [7, 11) is 0. The maximum absolute atomic E-state index is 12.9. The first-order valence-corrected chi connectivity index (χ1v) is 9.07. The van der Waals surface area contributed by atoms with E-state index in [4.69, 9.17) is 4.74 Å². The summed E-state index contributed by atoms with van der Waals surface area (Å²) >= 11 is 0. The Morgan fingerprint density at radius 3 is 2.76 bits per heavy atom. The van der Waals surface area contributed by atoms with Gasteiger partial charge in [-0.2, -0.15) is 18.3 Å². The number of aromatic nitrogens is 3. The number of fused-ring (bicyclic) bond motifs is 1. The molecule has 1 aromatic carbocycles. The monoisotopic (exact) mass is 405 g/mol. The minimum atomic E-state index is -4.43. The summed E-state index contributed by atoms with van der Waals surface area (Å²) in [5, 5.41) is 9.91. The van der Waals surface area contributed by atoms with Gasteiger partial charge in [0.15, 0.2) is 5.65 Å². The Kier molecular flexibility index (Phi) is 5.10. The van der Waals surface area contributed by atoms with Crippen molar-refractivity contribution < 1.29 is 22.7 Å². The molecule has 0 atom stereocenters. The summed E-state index contributed by atoms with van der Waals surface area (Å²) in [6.07, 6.45) is 0.0476. The van der Waals surface area contributed by atoms with Crippen LogP contribution in [-0.2, 0) is 10.9 Å². The number of benzene rings is 1. The number of halogens is 3. The van der Waals surface area contributed by atoms with E-state index in [1.165, 1.54) is 22.8 Å². The number of nitrogens with zero attached hydrogens (tertiary/aromatic N) is 3. The molecular weight excluding hydrogens is 387 g/mol. The van der Waals surface area contributed by atoms with Crippen LogP contribution in [0.4, 0.5) is 24.7 Å². The molecule has 10 heteroatoms. The summed E-state index contributed by atoms with van der Waals surface area (Å²) in [5.74, 6) is 0.00746. The average molecular weight is 405 g/mol. The smallest absolute Gasteiger partial charge is 0.381 e. The van der Waals surface area contributed by atoms with E-state index >= 15 is 0 Å². The molecule has 0 spiro atoms. The number of rotatable bonds is 4. The van der Waals surface area contributed by atoms with Crippen LogP contribution in [0.1, 0.15) is 28.8 Å². The normalized spacial score (nSPS) is 15.4. The van der Waals surface area contributed by atoms with E-state index < -0.39 is 11.7 Å². The van der Waals surface area contributed by atoms with Crippen molar-refractivity contribution in [2.24, 2.45) is 0 Å². The molecule has 0 saturated carbocycles. The van der Waals surface area contributed by atoms with Crippen molar-refractivity contribution in [3.05, 3.63) is 53.9 Å². The van der Waals surface area contributed by atoms with Gasteiger partial charge in [-0.3, -0.25) is 4.79 Å². The van der Waals surface area contributed by atoms with Gasteiger partial charge in [0.05, 0.1) is 11.8 Å². The molecular formula is C19H18F3N5O2. The minimum absolute atomic E-state index is 0.0256. The summed E-state index contributed by atoms with van der Waals surface area (Å²) < 4.78 is 45.4. The van der Waals surface area contributed by atoms with E-state index in [-0.39, 0.29) is 17.6 Å². The zero-order valence-electron chi connectivity index (χ0n) is 15.2. The second kappa shape index (κ2) is 7.70. The van der Waals surface area contributed by atoms with Crippen LogP contribution in [0.25, 0.3) is 5.65 Å². The molecule has 152 valence electrons. The number of anilines is 2. The highest BCUT2D eigenvalue weighted by molar-refractivity contribution is 6.00. The maximum atomic E-state index is 12.9. The predicted molar refractivity (Wildman–Crippen MR) is 99.0 cm³/mol. The van der Waals surface area contributed by atoms with Crippen molar-refractivity contribution in [3.8, 4) is 0 Å². The van der Waals surface area contributed by atoms with Gasteiger partial charge in [-0.1, -0.05) is 6.07 Å². The van der Waals surface area contributed by atoms with Crippen LogP contribution in [-0.4, -0.2) is 39.8 Å². The molecule has 4 rings (SSSR count). The Bertz CT molecular complexity index is 1030. The quantitative estimate of drug-likeness (QED) is 0.696. The molecule has 1 amide bonds. The van der Waals surface area contributed by atoms with Gasteiger partial charge in [0.2, 0.25) is 0 Å². The molecule has 0 unspecified atom stereocenters. The molecule has 7 nitrogen and oxygen atoms in total. The SMILES string of the molecule is O=C(NC1CCOCC1)c1cnn2ccc(Nc3cccc(C(F)(F)F)c3)nc12. The Hall–Kier alpha value is -3.14. The predicted octanol–water partition coefficient (Wildman–Crippen LogP) is 3.40. The Balaban J connectivity index is 1.56. The molecule has 1 aliphatic rings. The van der Waals surface area contributed by atoms with E-state index in [0.717, 1.165) is 25.0 Å². The van der Waals surface area contributed by atoms with Gasteiger partial charge in [-0.15, -0.1) is 0 Å². The van der Waals surface area contributed by atoms with Gasteiger partial charge in [0.1, 0.15) is 11.4 Å². The number of amides is 1. The number of carbonyl (C=O) groups excluding carboxylic acids is 1. The Morgan fingerprint density at radius 1 is 1.21 bits per heavy atom. The van der Waals surface area contributed by atoms with Crippen LogP contribution in [0.2, 0.25) is 0 Å². The topological polar surface area (TPSA) is 80.5 Å². The van der Waals surface area contributed by atoms with E-state index in [0.29, 0.717) is 30.2 Å². The van der Waals surface area contributed by atoms with Crippen LogP contribution in [0, 0.1) is 0 Å². The molecule has 1 fully saturated rings. The lowest BCUT2D eigenvalue weighted by Gasteiger charge is -2.22. The third kappa shape index (κ3) is 4.32. The molecule has 3 aromatic rings. The van der Waals surface area contributed by atoms with Crippen LogP contribution in [0.3, 0.4) is 0 Å². The highest BCUT2D eigenvalue weighted by Gasteiger charge is 2.30. The molecule has 29 heavy (non-hydrogen) atoms. The molecule has 1 saturated heterocycles. The summed E-state index contributed by atoms with van der Waals surface area (Å²) in [4.78, 5) is 17.0. The Morgan fingerprint density at radius 2 is 2.00 bits per heavy atom. The van der Waals surface area contributed by atoms with Gasteiger partial charge in [0, 0.05) is 31.1 Å². The van der Waals surface area contributed by atoms with Gasteiger partial charge < -0.3 is 15.4 Å². The number of hydrogen-bond donors (Lipinski definition) is 2. The summed E-state index contributed by atoms with van der Waals surface area (Å²) in [6, 6.07) is 6.42. The maximum Gasteiger partial charge on any atom is 0.416 e. The van der Waals surface area contributed by atoms with Crippen molar-refractivity contribution in [2.45, 2.75) is 25.1 Å². The third-order valence-corrected chi connectivity index (χ3v) is 4.63. The average Bonchev–Trinajstić information content (AvgIpc) is 3.12. The van der Waals surface area contributed by atoms with Crippen molar-refractivity contribution in [3.63, 3.8) is 0 Å². The standard InChI is InChI=1S/C19H18F3N5O2/c20-19(21,22)12-2-1-3-14(10-12)24-16-4-7-27-17(26-16)15(11-23-27)18(28)25-13-5-8-29-9-6-13/h1-4,7,10-11,13H,5-6,8-9H2,(H,24,26)(H,25,28). The third-order valence-electron chi connectivity index (χ3n) is 4.63. The minimum Gasteiger partial charge on any atom is -0.381 e. The van der Waals surface area contributed by atoms with E-state index in [1.54, 1.807) is 12.3 Å². The molecule has 0 bridgehead atoms. The molecule has 2 N–H and O–H groups in total. The fraction of sp³-hybridized carbons (Fsp3) is 0.316. The van der Waals surface area contributed by atoms with Crippen LogP contribution < -0.4 is 10.6 Å². The highest BCUT2D eigenvalue weighted by atomic mass is 19.4. The van der Waals surface area contributed by atoms with Crippen LogP contribution in [0.5, 0.6) is 0 Å². The fourth-order valence-electron chi connectivity index (χ4n) is 3.12. The van der Waals surface area contributed by atoms with Gasteiger partial charge in [-0.05, 0) is 37.1 Å². The van der Waals surface area contributed by atoms with Gasteiger partial charge >= 0.3 is 6.18 Å². The lowest BCUT2D eigenvalue weighted by atomic mass is 10.1. The van der Waals surface area contributed by atoms with Gasteiger partial charge in [0.25, 0.3) is 5.91 Å². The second-order valence-electron chi connectivity index (χ2n) is 6.70. The van der Waals surface area contributed by atoms with Crippen molar-refractivity contribution in [2.75, 3.05) is 18.5 Å². The van der Waals surface area contributed by atoms with Crippen molar-refractivity contribution in [1.82, 2.24) is 19.9 Å². The Labute approximate surface area is 163 Å². The second-order valence-corrected chi connectivity index (χ2v) is 6.70. The first-order valence-electron chi connectivity index (χ1n) is 9.07. The van der Waals surface area contributed by atoms with Crippen molar-refractivity contribution in [1.29, 1.82) is 0 Å². The van der Waals surface area contributed by atoms with Crippen molar-refractivity contribution >= 4 is 23.1 Å². The number of ether oxygens (including phenoxy) is 1. The van der Waals surface area contributed by atoms with Gasteiger partial charge in [-0.25, -0.2) is 9.50 Å². The van der Waals surface area contributed by atoms with E-state index in [2.05, 4.69) is 20.7 Å². The van der Waals surface area contributed by atoms with E-state index in [9.17, 15) is 18.0 Å².